The van der Waals surface area contributed by atoms with Crippen molar-refractivity contribution in [2.45, 2.75) is 43.3 Å². The minimum absolute atomic E-state index is 0.0235. The summed E-state index contributed by atoms with van der Waals surface area (Å²) in [5.41, 5.74) is -0.275. The van der Waals surface area contributed by atoms with Gasteiger partial charge in [0.2, 0.25) is 15.9 Å². The molecular weight excluding hydrogens is 465 g/mol. The van der Waals surface area contributed by atoms with Crippen LogP contribution in [0.15, 0.2) is 53.4 Å². The van der Waals surface area contributed by atoms with Gasteiger partial charge in [0.1, 0.15) is 0 Å². The van der Waals surface area contributed by atoms with Crippen molar-refractivity contribution >= 4 is 27.5 Å². The molecule has 0 aliphatic carbocycles. The molecule has 0 spiro atoms. The molecule has 1 amide bonds. The fraction of sp³-hybridized carbons (Fsp3) is 0.409. The molecule has 1 unspecified atom stereocenters. The Morgan fingerprint density at radius 2 is 1.72 bits per heavy atom. The number of rotatable bonds is 6. The van der Waals surface area contributed by atoms with E-state index in [1.807, 2.05) is 19.1 Å². The summed E-state index contributed by atoms with van der Waals surface area (Å²) in [6, 6.07) is 11.1. The Bertz CT molecular complexity index is 1050. The zero-order chi connectivity index (χ0) is 23.5. The molecule has 1 saturated heterocycles. The molecule has 5 nitrogen and oxygen atoms in total. The summed E-state index contributed by atoms with van der Waals surface area (Å²) >= 11 is 5.91. The fourth-order valence-corrected chi connectivity index (χ4v) is 5.64. The Balaban J connectivity index is 1.67. The maximum absolute atomic E-state index is 13.3. The van der Waals surface area contributed by atoms with Crippen LogP contribution in [0.1, 0.15) is 43.4 Å². The lowest BCUT2D eigenvalue weighted by Crippen LogP contribution is -2.44. The number of hydrogen-bond acceptors (Lipinski definition) is 3. The summed E-state index contributed by atoms with van der Waals surface area (Å²) in [6.45, 7) is 1.89. The normalized spacial score (nSPS) is 17.2. The molecule has 174 valence electrons. The Hall–Kier alpha value is -2.10. The molecule has 1 N–H and O–H groups in total. The predicted molar refractivity (Wildman–Crippen MR) is 116 cm³/mol. The maximum atomic E-state index is 13.3. The SMILES string of the molecule is CCC(NC(=O)C1CCN(S(=O)(=O)c2ccccc2C(F)(F)F)CC1)c1ccc(Cl)cc1. The molecule has 1 heterocycles. The molecule has 2 aromatic carbocycles. The van der Waals surface area contributed by atoms with E-state index in [2.05, 4.69) is 5.32 Å². The first kappa shape index (κ1) is 24.5. The zero-order valence-electron chi connectivity index (χ0n) is 17.4. The van der Waals surface area contributed by atoms with Crippen LogP contribution in [-0.4, -0.2) is 31.7 Å². The molecule has 1 aliphatic rings. The van der Waals surface area contributed by atoms with Crippen molar-refractivity contribution in [3.8, 4) is 0 Å². The quantitative estimate of drug-likeness (QED) is 0.620. The minimum atomic E-state index is -4.78. The highest BCUT2D eigenvalue weighted by Crippen LogP contribution is 2.36. The van der Waals surface area contributed by atoms with Crippen molar-refractivity contribution < 1.29 is 26.4 Å². The van der Waals surface area contributed by atoms with Crippen LogP contribution in [0.25, 0.3) is 0 Å². The lowest BCUT2D eigenvalue weighted by molar-refractivity contribution is -0.139. The Labute approximate surface area is 190 Å². The van der Waals surface area contributed by atoms with Gasteiger partial charge >= 0.3 is 6.18 Å². The van der Waals surface area contributed by atoms with Gasteiger partial charge in [-0.3, -0.25) is 4.79 Å². The third kappa shape index (κ3) is 5.44. The van der Waals surface area contributed by atoms with Crippen molar-refractivity contribution in [3.63, 3.8) is 0 Å². The summed E-state index contributed by atoms with van der Waals surface area (Å²) in [5, 5.41) is 3.58. The number of nitrogens with zero attached hydrogens (tertiary/aromatic N) is 1. The summed E-state index contributed by atoms with van der Waals surface area (Å²) in [6.07, 6.45) is -3.65. The summed E-state index contributed by atoms with van der Waals surface area (Å²) in [7, 11) is -4.33. The smallest absolute Gasteiger partial charge is 0.349 e. The van der Waals surface area contributed by atoms with E-state index in [-0.39, 0.29) is 37.9 Å². The molecule has 0 aromatic heterocycles. The van der Waals surface area contributed by atoms with Crippen molar-refractivity contribution in [2.75, 3.05) is 13.1 Å². The number of piperidine rings is 1. The van der Waals surface area contributed by atoms with Crippen LogP contribution in [0.5, 0.6) is 0 Å². The molecule has 0 saturated carbocycles. The van der Waals surface area contributed by atoms with Crippen LogP contribution < -0.4 is 5.32 Å². The number of sulfonamides is 1. The highest BCUT2D eigenvalue weighted by molar-refractivity contribution is 7.89. The number of nitrogens with one attached hydrogen (secondary N) is 1. The largest absolute Gasteiger partial charge is 0.417 e. The van der Waals surface area contributed by atoms with Gasteiger partial charge in [0.15, 0.2) is 0 Å². The third-order valence-electron chi connectivity index (χ3n) is 5.63. The van der Waals surface area contributed by atoms with Gasteiger partial charge in [-0.15, -0.1) is 0 Å². The van der Waals surface area contributed by atoms with Gasteiger partial charge in [-0.1, -0.05) is 42.8 Å². The van der Waals surface area contributed by atoms with Gasteiger partial charge in [-0.25, -0.2) is 8.42 Å². The second-order valence-electron chi connectivity index (χ2n) is 7.69. The van der Waals surface area contributed by atoms with Gasteiger partial charge in [-0.05, 0) is 49.1 Å². The summed E-state index contributed by atoms with van der Waals surface area (Å²) in [4.78, 5) is 12.0. The number of amides is 1. The maximum Gasteiger partial charge on any atom is 0.417 e. The number of carbonyl (C=O) groups excluding carboxylic acids is 1. The summed E-state index contributed by atoms with van der Waals surface area (Å²) in [5.74, 6) is -0.611. The van der Waals surface area contributed by atoms with E-state index in [1.165, 1.54) is 6.07 Å². The van der Waals surface area contributed by atoms with Crippen LogP contribution in [0, 0.1) is 5.92 Å². The van der Waals surface area contributed by atoms with Crippen molar-refractivity contribution in [1.29, 1.82) is 0 Å². The Morgan fingerprint density at radius 1 is 1.12 bits per heavy atom. The van der Waals surface area contributed by atoms with Crippen LogP contribution in [0.2, 0.25) is 5.02 Å². The van der Waals surface area contributed by atoms with Gasteiger partial charge in [0, 0.05) is 24.0 Å². The lowest BCUT2D eigenvalue weighted by atomic mass is 9.96. The van der Waals surface area contributed by atoms with E-state index in [9.17, 15) is 26.4 Å². The molecule has 0 bridgehead atoms. The average Bonchev–Trinajstić information content (AvgIpc) is 2.77. The molecule has 1 fully saturated rings. The number of alkyl halides is 3. The van der Waals surface area contributed by atoms with Gasteiger partial charge in [0.05, 0.1) is 16.5 Å². The highest BCUT2D eigenvalue weighted by atomic mass is 35.5. The van der Waals surface area contributed by atoms with Crippen LogP contribution >= 0.6 is 11.6 Å². The highest BCUT2D eigenvalue weighted by Gasteiger charge is 2.40. The molecule has 2 aromatic rings. The van der Waals surface area contributed by atoms with Crippen molar-refractivity contribution in [2.24, 2.45) is 5.92 Å². The number of hydrogen-bond donors (Lipinski definition) is 1. The molecular formula is C22H24ClF3N2O3S. The van der Waals surface area contributed by atoms with Gasteiger partial charge in [0.25, 0.3) is 0 Å². The van der Waals surface area contributed by atoms with Crippen molar-refractivity contribution in [1.82, 2.24) is 9.62 Å². The molecule has 10 heteroatoms. The number of benzene rings is 2. The number of halogens is 4. The van der Waals surface area contributed by atoms with E-state index < -0.39 is 32.6 Å². The molecule has 1 atom stereocenters. The second kappa shape index (κ2) is 9.80. The standard InChI is InChI=1S/C22H24ClF3N2O3S/c1-2-19(15-7-9-17(23)10-8-15)27-21(29)16-11-13-28(14-12-16)32(30,31)20-6-4-3-5-18(20)22(24,25)26/h3-10,16,19H,2,11-14H2,1H3,(H,27,29). The van der Waals surface area contributed by atoms with E-state index in [4.69, 9.17) is 11.6 Å². The Kier molecular flexibility index (Phi) is 7.52. The first-order valence-electron chi connectivity index (χ1n) is 10.3. The van der Waals surface area contributed by atoms with Gasteiger partial charge in [-0.2, -0.15) is 17.5 Å². The third-order valence-corrected chi connectivity index (χ3v) is 7.84. The Morgan fingerprint density at radius 3 is 2.28 bits per heavy atom. The van der Waals surface area contributed by atoms with Crippen LogP contribution in [0.4, 0.5) is 13.2 Å². The van der Waals surface area contributed by atoms with E-state index in [1.54, 1.807) is 12.1 Å². The van der Waals surface area contributed by atoms with E-state index in [0.29, 0.717) is 11.4 Å². The molecule has 3 rings (SSSR count). The zero-order valence-corrected chi connectivity index (χ0v) is 19.0. The van der Waals surface area contributed by atoms with Gasteiger partial charge < -0.3 is 5.32 Å². The number of carbonyl (C=O) groups is 1. The fourth-order valence-electron chi connectivity index (χ4n) is 3.83. The van der Waals surface area contributed by atoms with Crippen LogP contribution in [0.3, 0.4) is 0 Å². The monoisotopic (exact) mass is 488 g/mol. The predicted octanol–water partition coefficient (Wildman–Crippen LogP) is 5.03. The second-order valence-corrected chi connectivity index (χ2v) is 10.0. The van der Waals surface area contributed by atoms with Crippen LogP contribution in [-0.2, 0) is 21.0 Å². The van der Waals surface area contributed by atoms with E-state index in [0.717, 1.165) is 28.1 Å². The first-order valence-corrected chi connectivity index (χ1v) is 12.1. The van der Waals surface area contributed by atoms with E-state index >= 15 is 0 Å². The molecule has 0 radical (unpaired) electrons. The summed E-state index contributed by atoms with van der Waals surface area (Å²) < 4.78 is 66.7. The lowest BCUT2D eigenvalue weighted by Gasteiger charge is -2.32. The van der Waals surface area contributed by atoms with Crippen molar-refractivity contribution in [3.05, 3.63) is 64.7 Å². The molecule has 32 heavy (non-hydrogen) atoms. The minimum Gasteiger partial charge on any atom is -0.349 e. The molecule has 1 aliphatic heterocycles. The average molecular weight is 489 g/mol. The first-order chi connectivity index (χ1) is 15.0. The topological polar surface area (TPSA) is 66.5 Å².